The highest BCUT2D eigenvalue weighted by atomic mass is 127. The van der Waals surface area contributed by atoms with Gasteiger partial charge in [0.05, 0.1) is 16.1 Å². The van der Waals surface area contributed by atoms with Gasteiger partial charge >= 0.3 is 0 Å². The lowest BCUT2D eigenvalue weighted by atomic mass is 10.1. The molecule has 0 aliphatic heterocycles. The molecule has 0 bridgehead atoms. The van der Waals surface area contributed by atoms with Crippen molar-refractivity contribution < 1.29 is 8.42 Å². The van der Waals surface area contributed by atoms with E-state index in [9.17, 15) is 8.42 Å². The van der Waals surface area contributed by atoms with Gasteiger partial charge in [-0.2, -0.15) is 0 Å². The molecule has 0 amide bonds. The van der Waals surface area contributed by atoms with Gasteiger partial charge in [0.1, 0.15) is 0 Å². The Bertz CT molecular complexity index is 1240. The van der Waals surface area contributed by atoms with E-state index in [1.807, 2.05) is 74.5 Å². The summed E-state index contributed by atoms with van der Waals surface area (Å²) in [6.07, 6.45) is 0. The minimum absolute atomic E-state index is 0.291. The Hall–Kier alpha value is -2.12. The minimum atomic E-state index is -3.74. The van der Waals surface area contributed by atoms with E-state index in [1.165, 1.54) is 3.97 Å². The molecule has 5 heteroatoms. The van der Waals surface area contributed by atoms with Crippen LogP contribution in [0.15, 0.2) is 77.7 Å². The number of aromatic nitrogens is 1. The molecule has 0 atom stereocenters. The maximum Gasteiger partial charge on any atom is 0.268 e. The molecule has 0 radical (unpaired) electrons. The molecule has 27 heavy (non-hydrogen) atoms. The summed E-state index contributed by atoms with van der Waals surface area (Å²) in [5.74, 6) is 0. The van der Waals surface area contributed by atoms with Crippen molar-refractivity contribution in [3.63, 3.8) is 0 Å². The van der Waals surface area contributed by atoms with Crippen LogP contribution in [-0.2, 0) is 10.0 Å². The van der Waals surface area contributed by atoms with Crippen molar-refractivity contribution >= 4 is 43.5 Å². The van der Waals surface area contributed by atoms with E-state index in [-0.39, 0.29) is 0 Å². The quantitative estimate of drug-likeness (QED) is 0.345. The lowest BCUT2D eigenvalue weighted by Crippen LogP contribution is -2.14. The summed E-state index contributed by atoms with van der Waals surface area (Å²) in [4.78, 5) is 0.291. The standard InChI is InChI=1S/C22H18INO2S/c1-15-8-11-18(12-9-15)27(25,26)24-20-13-10-16(2)14-19(20)21(23)22(24)17-6-4-3-5-7-17/h3-14H,1-2H3. The van der Waals surface area contributed by atoms with E-state index >= 15 is 0 Å². The van der Waals surface area contributed by atoms with Crippen molar-refractivity contribution in [1.82, 2.24) is 3.97 Å². The molecule has 0 aliphatic carbocycles. The molecule has 0 unspecified atom stereocenters. The Morgan fingerprint density at radius 1 is 0.815 bits per heavy atom. The first kappa shape index (κ1) is 18.3. The molecule has 0 N–H and O–H groups in total. The fourth-order valence-electron chi connectivity index (χ4n) is 3.25. The Morgan fingerprint density at radius 2 is 1.44 bits per heavy atom. The van der Waals surface area contributed by atoms with E-state index in [1.54, 1.807) is 12.1 Å². The average Bonchev–Trinajstić information content (AvgIpc) is 2.96. The van der Waals surface area contributed by atoms with Gasteiger partial charge in [-0.3, -0.25) is 0 Å². The van der Waals surface area contributed by atoms with Crippen LogP contribution in [0, 0.1) is 17.4 Å². The van der Waals surface area contributed by atoms with Crippen molar-refractivity contribution in [3.05, 3.63) is 87.5 Å². The highest BCUT2D eigenvalue weighted by molar-refractivity contribution is 14.1. The SMILES string of the molecule is Cc1ccc(S(=O)(=O)n2c(-c3ccccc3)c(I)c3cc(C)ccc32)cc1. The predicted octanol–water partition coefficient (Wildman–Crippen LogP) is 5.77. The van der Waals surface area contributed by atoms with Crippen molar-refractivity contribution in [1.29, 1.82) is 0 Å². The fourth-order valence-corrected chi connectivity index (χ4v) is 5.94. The highest BCUT2D eigenvalue weighted by Gasteiger charge is 2.27. The van der Waals surface area contributed by atoms with Gasteiger partial charge in [-0.15, -0.1) is 0 Å². The lowest BCUT2D eigenvalue weighted by Gasteiger charge is -2.13. The van der Waals surface area contributed by atoms with Gasteiger partial charge in [-0.05, 0) is 60.7 Å². The average molecular weight is 487 g/mol. The number of benzene rings is 3. The van der Waals surface area contributed by atoms with Gasteiger partial charge in [-0.25, -0.2) is 12.4 Å². The fraction of sp³-hybridized carbons (Fsp3) is 0.0909. The molecule has 1 aromatic heterocycles. The molecule has 3 nitrogen and oxygen atoms in total. The van der Waals surface area contributed by atoms with Crippen LogP contribution in [0.3, 0.4) is 0 Å². The normalized spacial score (nSPS) is 11.8. The zero-order valence-electron chi connectivity index (χ0n) is 15.0. The number of aryl methyl sites for hydroxylation is 2. The smallest absolute Gasteiger partial charge is 0.232 e. The summed E-state index contributed by atoms with van der Waals surface area (Å²) >= 11 is 2.26. The van der Waals surface area contributed by atoms with Crippen LogP contribution < -0.4 is 0 Å². The van der Waals surface area contributed by atoms with Gasteiger partial charge in [0.15, 0.2) is 0 Å². The first-order chi connectivity index (χ1) is 12.9. The second-order valence-corrected chi connectivity index (χ2v) is 9.50. The Morgan fingerprint density at radius 3 is 2.11 bits per heavy atom. The number of fused-ring (bicyclic) bond motifs is 1. The third kappa shape index (κ3) is 3.08. The van der Waals surface area contributed by atoms with Crippen LogP contribution in [0.5, 0.6) is 0 Å². The van der Waals surface area contributed by atoms with E-state index < -0.39 is 10.0 Å². The largest absolute Gasteiger partial charge is 0.268 e. The van der Waals surface area contributed by atoms with Gasteiger partial charge in [0.2, 0.25) is 0 Å². The summed E-state index contributed by atoms with van der Waals surface area (Å²) in [5, 5.41) is 0.949. The number of rotatable bonds is 3. The van der Waals surface area contributed by atoms with Crippen molar-refractivity contribution in [2.45, 2.75) is 18.7 Å². The molecule has 0 fully saturated rings. The van der Waals surface area contributed by atoms with Crippen molar-refractivity contribution in [3.8, 4) is 11.3 Å². The number of nitrogens with zero attached hydrogens (tertiary/aromatic N) is 1. The molecule has 4 aromatic rings. The molecule has 1 heterocycles. The van der Waals surface area contributed by atoms with E-state index in [0.717, 1.165) is 25.6 Å². The van der Waals surface area contributed by atoms with Crippen LogP contribution in [0.1, 0.15) is 11.1 Å². The van der Waals surface area contributed by atoms with E-state index in [2.05, 4.69) is 22.6 Å². The molecular weight excluding hydrogens is 469 g/mol. The third-order valence-electron chi connectivity index (χ3n) is 4.62. The molecule has 4 rings (SSSR count). The Labute approximate surface area is 172 Å². The van der Waals surface area contributed by atoms with Gasteiger partial charge < -0.3 is 0 Å². The minimum Gasteiger partial charge on any atom is -0.232 e. The molecule has 3 aromatic carbocycles. The molecular formula is C22H18INO2S. The molecule has 0 saturated carbocycles. The highest BCUT2D eigenvalue weighted by Crippen LogP contribution is 2.38. The van der Waals surface area contributed by atoms with Gasteiger partial charge in [0.25, 0.3) is 10.0 Å². The summed E-state index contributed by atoms with van der Waals surface area (Å²) in [5.41, 5.74) is 4.41. The lowest BCUT2D eigenvalue weighted by molar-refractivity contribution is 0.589. The monoisotopic (exact) mass is 487 g/mol. The van der Waals surface area contributed by atoms with Crippen LogP contribution in [-0.4, -0.2) is 12.4 Å². The topological polar surface area (TPSA) is 39.1 Å². The predicted molar refractivity (Wildman–Crippen MR) is 119 cm³/mol. The zero-order valence-corrected chi connectivity index (χ0v) is 18.0. The summed E-state index contributed by atoms with van der Waals surface area (Å²) in [7, 11) is -3.74. The molecule has 0 saturated heterocycles. The molecule has 0 aliphatic rings. The van der Waals surface area contributed by atoms with E-state index in [4.69, 9.17) is 0 Å². The number of halogens is 1. The second-order valence-electron chi connectivity index (χ2n) is 6.63. The van der Waals surface area contributed by atoms with Crippen LogP contribution in [0.2, 0.25) is 0 Å². The van der Waals surface area contributed by atoms with Gasteiger partial charge in [0, 0.05) is 14.5 Å². The first-order valence-corrected chi connectivity index (χ1v) is 11.1. The Kier molecular flexibility index (Phi) is 4.60. The number of hydrogen-bond acceptors (Lipinski definition) is 2. The molecule has 0 spiro atoms. The van der Waals surface area contributed by atoms with Crippen LogP contribution in [0.25, 0.3) is 22.2 Å². The summed E-state index contributed by atoms with van der Waals surface area (Å²) in [6.45, 7) is 3.96. The number of hydrogen-bond donors (Lipinski definition) is 0. The second kappa shape index (κ2) is 6.80. The van der Waals surface area contributed by atoms with Crippen molar-refractivity contribution in [2.75, 3.05) is 0 Å². The van der Waals surface area contributed by atoms with Crippen LogP contribution >= 0.6 is 22.6 Å². The Balaban J connectivity index is 2.12. The molecule has 136 valence electrons. The van der Waals surface area contributed by atoms with Crippen molar-refractivity contribution in [2.24, 2.45) is 0 Å². The van der Waals surface area contributed by atoms with Gasteiger partial charge in [-0.1, -0.05) is 59.7 Å². The van der Waals surface area contributed by atoms with E-state index in [0.29, 0.717) is 16.1 Å². The third-order valence-corrected chi connectivity index (χ3v) is 7.44. The summed E-state index contributed by atoms with van der Waals surface area (Å²) in [6, 6.07) is 22.6. The van der Waals surface area contributed by atoms with Crippen LogP contribution in [0.4, 0.5) is 0 Å². The maximum atomic E-state index is 13.6. The maximum absolute atomic E-state index is 13.6. The first-order valence-electron chi connectivity index (χ1n) is 8.58. The zero-order chi connectivity index (χ0) is 19.2. The summed E-state index contributed by atoms with van der Waals surface area (Å²) < 4.78 is 29.7.